The van der Waals surface area contributed by atoms with Gasteiger partial charge in [0.15, 0.2) is 0 Å². The molecule has 4 amide bonds. The number of carboxylic acid groups (broad SMARTS) is 1. The van der Waals surface area contributed by atoms with Gasteiger partial charge in [0.25, 0.3) is 0 Å². The zero-order valence-corrected chi connectivity index (χ0v) is 14.5. The van der Waals surface area contributed by atoms with Crippen molar-refractivity contribution < 1.29 is 19.5 Å². The van der Waals surface area contributed by atoms with Crippen molar-refractivity contribution in [1.29, 1.82) is 0 Å². The summed E-state index contributed by atoms with van der Waals surface area (Å²) < 4.78 is 0. The van der Waals surface area contributed by atoms with Crippen molar-refractivity contribution in [3.05, 3.63) is 35.4 Å². The third-order valence-corrected chi connectivity index (χ3v) is 4.09. The number of hydrogen-bond donors (Lipinski definition) is 3. The fraction of sp³-hybridized carbons (Fsp3) is 0.471. The van der Waals surface area contributed by atoms with Crippen molar-refractivity contribution in [2.24, 2.45) is 0 Å². The Labute approximate surface area is 146 Å². The van der Waals surface area contributed by atoms with E-state index in [1.54, 1.807) is 31.1 Å². The summed E-state index contributed by atoms with van der Waals surface area (Å²) in [6, 6.07) is 5.98. The number of nitrogens with zero attached hydrogens (tertiary/aromatic N) is 2. The monoisotopic (exact) mass is 348 g/mol. The Balaban J connectivity index is 1.83. The van der Waals surface area contributed by atoms with Crippen LogP contribution in [0, 0.1) is 0 Å². The number of amides is 4. The van der Waals surface area contributed by atoms with Gasteiger partial charge in [-0.2, -0.15) is 0 Å². The van der Waals surface area contributed by atoms with Crippen molar-refractivity contribution in [2.45, 2.75) is 25.4 Å². The molecule has 0 aromatic heterocycles. The van der Waals surface area contributed by atoms with Gasteiger partial charge >= 0.3 is 18.0 Å². The summed E-state index contributed by atoms with van der Waals surface area (Å²) >= 11 is 0. The highest BCUT2D eigenvalue weighted by Gasteiger charge is 2.25. The number of carbonyl (C=O) groups is 3. The van der Waals surface area contributed by atoms with Crippen molar-refractivity contribution in [3.8, 4) is 0 Å². The summed E-state index contributed by atoms with van der Waals surface area (Å²) in [6.07, 6.45) is 1.68. The highest BCUT2D eigenvalue weighted by molar-refractivity contribution is 5.87. The van der Waals surface area contributed by atoms with E-state index in [1.165, 1.54) is 17.0 Å². The lowest BCUT2D eigenvalue weighted by atomic mass is 10.1. The van der Waals surface area contributed by atoms with Crippen LogP contribution in [0.2, 0.25) is 0 Å². The minimum absolute atomic E-state index is 0.0516. The SMILES string of the molecule is CN(C)C(=O)NC1CCCN(C(=O)NCc2ccc(C(=O)O)cc2)C1. The second-order valence-corrected chi connectivity index (χ2v) is 6.29. The van der Waals surface area contributed by atoms with E-state index in [2.05, 4.69) is 10.6 Å². The smallest absolute Gasteiger partial charge is 0.335 e. The molecule has 136 valence electrons. The first-order chi connectivity index (χ1) is 11.9. The summed E-state index contributed by atoms with van der Waals surface area (Å²) in [4.78, 5) is 38.0. The highest BCUT2D eigenvalue weighted by atomic mass is 16.4. The number of piperidine rings is 1. The molecule has 2 rings (SSSR count). The molecule has 0 saturated carbocycles. The first-order valence-corrected chi connectivity index (χ1v) is 8.19. The number of hydrogen-bond acceptors (Lipinski definition) is 3. The summed E-state index contributed by atoms with van der Waals surface area (Å²) in [7, 11) is 3.36. The third-order valence-electron chi connectivity index (χ3n) is 4.09. The first kappa shape index (κ1) is 18.6. The van der Waals surface area contributed by atoms with Crippen LogP contribution in [-0.2, 0) is 6.54 Å². The normalized spacial score (nSPS) is 16.9. The Bertz CT molecular complexity index is 630. The number of likely N-dealkylation sites (tertiary alicyclic amines) is 1. The zero-order valence-electron chi connectivity index (χ0n) is 14.5. The maximum absolute atomic E-state index is 12.3. The minimum atomic E-state index is -0.977. The van der Waals surface area contributed by atoms with E-state index in [0.29, 0.717) is 19.6 Å². The lowest BCUT2D eigenvalue weighted by molar-refractivity contribution is 0.0696. The van der Waals surface area contributed by atoms with E-state index in [1.807, 2.05) is 0 Å². The second-order valence-electron chi connectivity index (χ2n) is 6.29. The number of urea groups is 2. The first-order valence-electron chi connectivity index (χ1n) is 8.19. The van der Waals surface area contributed by atoms with Crippen LogP contribution in [0.3, 0.4) is 0 Å². The van der Waals surface area contributed by atoms with E-state index in [4.69, 9.17) is 5.11 Å². The Hall–Kier alpha value is -2.77. The molecule has 1 aliphatic heterocycles. The number of aromatic carboxylic acids is 1. The second kappa shape index (κ2) is 8.36. The molecule has 0 bridgehead atoms. The quantitative estimate of drug-likeness (QED) is 0.764. The van der Waals surface area contributed by atoms with Gasteiger partial charge < -0.3 is 25.5 Å². The fourth-order valence-electron chi connectivity index (χ4n) is 2.64. The van der Waals surface area contributed by atoms with E-state index in [-0.39, 0.29) is 23.7 Å². The molecular weight excluding hydrogens is 324 g/mol. The topological polar surface area (TPSA) is 102 Å². The van der Waals surface area contributed by atoms with Crippen LogP contribution in [-0.4, -0.2) is 66.2 Å². The Morgan fingerprint density at radius 2 is 1.92 bits per heavy atom. The van der Waals surface area contributed by atoms with Crippen molar-refractivity contribution in [3.63, 3.8) is 0 Å². The molecule has 3 N–H and O–H groups in total. The average molecular weight is 348 g/mol. The lowest BCUT2D eigenvalue weighted by Gasteiger charge is -2.33. The van der Waals surface area contributed by atoms with Gasteiger partial charge in [-0.3, -0.25) is 0 Å². The standard InChI is InChI=1S/C17H24N4O4/c1-20(2)17(25)19-14-4-3-9-21(11-14)16(24)18-10-12-5-7-13(8-6-12)15(22)23/h5-8,14H,3-4,9-11H2,1-2H3,(H,18,24)(H,19,25)(H,22,23). The third kappa shape index (κ3) is 5.37. The summed E-state index contributed by atoms with van der Waals surface area (Å²) in [5, 5.41) is 14.6. The molecule has 0 aliphatic carbocycles. The van der Waals surface area contributed by atoms with Gasteiger partial charge in [-0.15, -0.1) is 0 Å². The molecule has 25 heavy (non-hydrogen) atoms. The van der Waals surface area contributed by atoms with Gasteiger partial charge in [0.1, 0.15) is 0 Å². The maximum atomic E-state index is 12.3. The fourth-order valence-corrected chi connectivity index (χ4v) is 2.64. The molecular formula is C17H24N4O4. The van der Waals surface area contributed by atoms with Crippen LogP contribution in [0.1, 0.15) is 28.8 Å². The Morgan fingerprint density at radius 1 is 1.24 bits per heavy atom. The Morgan fingerprint density at radius 3 is 2.52 bits per heavy atom. The van der Waals surface area contributed by atoms with Crippen LogP contribution in [0.4, 0.5) is 9.59 Å². The van der Waals surface area contributed by atoms with Crippen molar-refractivity contribution in [1.82, 2.24) is 20.4 Å². The highest BCUT2D eigenvalue weighted by Crippen LogP contribution is 2.11. The molecule has 1 heterocycles. The molecule has 1 fully saturated rings. The van der Waals surface area contributed by atoms with E-state index >= 15 is 0 Å². The lowest BCUT2D eigenvalue weighted by Crippen LogP contribution is -2.53. The summed E-state index contributed by atoms with van der Waals surface area (Å²) in [5.74, 6) is -0.977. The molecule has 1 saturated heterocycles. The van der Waals surface area contributed by atoms with E-state index in [9.17, 15) is 14.4 Å². The number of nitrogens with one attached hydrogen (secondary N) is 2. The van der Waals surface area contributed by atoms with Gasteiger partial charge in [0, 0.05) is 39.8 Å². The van der Waals surface area contributed by atoms with Crippen molar-refractivity contribution >= 4 is 18.0 Å². The number of carbonyl (C=O) groups excluding carboxylic acids is 2. The zero-order chi connectivity index (χ0) is 18.4. The summed E-state index contributed by atoms with van der Waals surface area (Å²) in [5.41, 5.74) is 1.04. The van der Waals surface area contributed by atoms with Crippen molar-refractivity contribution in [2.75, 3.05) is 27.2 Å². The van der Waals surface area contributed by atoms with Crippen LogP contribution >= 0.6 is 0 Å². The Kier molecular flexibility index (Phi) is 6.21. The molecule has 8 heteroatoms. The predicted molar refractivity (Wildman–Crippen MR) is 92.5 cm³/mol. The van der Waals surface area contributed by atoms with Gasteiger partial charge in [-0.05, 0) is 30.5 Å². The largest absolute Gasteiger partial charge is 0.478 e. The molecule has 1 atom stereocenters. The van der Waals surface area contributed by atoms with Gasteiger partial charge in [-0.1, -0.05) is 12.1 Å². The molecule has 1 aliphatic rings. The maximum Gasteiger partial charge on any atom is 0.335 e. The van der Waals surface area contributed by atoms with Gasteiger partial charge in [0.2, 0.25) is 0 Å². The summed E-state index contributed by atoms with van der Waals surface area (Å²) in [6.45, 7) is 1.45. The van der Waals surface area contributed by atoms with Crippen LogP contribution < -0.4 is 10.6 Å². The number of carboxylic acids is 1. The molecule has 1 unspecified atom stereocenters. The van der Waals surface area contributed by atoms with Crippen LogP contribution in [0.5, 0.6) is 0 Å². The van der Waals surface area contributed by atoms with Gasteiger partial charge in [-0.25, -0.2) is 14.4 Å². The van der Waals surface area contributed by atoms with Gasteiger partial charge in [0.05, 0.1) is 5.56 Å². The van der Waals surface area contributed by atoms with E-state index < -0.39 is 5.97 Å². The molecule has 8 nitrogen and oxygen atoms in total. The number of rotatable bonds is 4. The van der Waals surface area contributed by atoms with Crippen LogP contribution in [0.15, 0.2) is 24.3 Å². The molecule has 1 aromatic carbocycles. The molecule has 0 radical (unpaired) electrons. The number of benzene rings is 1. The molecule has 0 spiro atoms. The minimum Gasteiger partial charge on any atom is -0.478 e. The predicted octanol–water partition coefficient (Wildman–Crippen LogP) is 1.33. The van der Waals surface area contributed by atoms with E-state index in [0.717, 1.165) is 18.4 Å². The molecule has 1 aromatic rings. The van der Waals surface area contributed by atoms with Crippen LogP contribution in [0.25, 0.3) is 0 Å². The average Bonchev–Trinajstić information content (AvgIpc) is 2.60.